The van der Waals surface area contributed by atoms with E-state index >= 15 is 0 Å². The highest BCUT2D eigenvalue weighted by molar-refractivity contribution is 6.31. The number of carbonyl (C=O) groups excluding carboxylic acids is 1. The third-order valence-corrected chi connectivity index (χ3v) is 2.01. The second kappa shape index (κ2) is 4.22. The Morgan fingerprint density at radius 3 is 2.67 bits per heavy atom. The molecule has 0 saturated heterocycles. The Bertz CT molecular complexity index is 436. The van der Waals surface area contributed by atoms with Crippen molar-refractivity contribution in [1.82, 2.24) is 0 Å². The Hall–Kier alpha value is -1.69. The number of rotatable bonds is 3. The first kappa shape index (κ1) is 11.4. The fourth-order valence-corrected chi connectivity index (χ4v) is 1.23. The van der Waals surface area contributed by atoms with Gasteiger partial charge < -0.3 is 5.73 Å². The van der Waals surface area contributed by atoms with Gasteiger partial charge in [0.2, 0.25) is 0 Å². The van der Waals surface area contributed by atoms with Gasteiger partial charge in [0.25, 0.3) is 5.69 Å². The maximum atomic E-state index is 13.0. The summed E-state index contributed by atoms with van der Waals surface area (Å²) < 4.78 is 13.0. The van der Waals surface area contributed by atoms with Gasteiger partial charge in [0.1, 0.15) is 11.4 Å². The quantitative estimate of drug-likeness (QED) is 0.283. The second-order valence-electron chi connectivity index (χ2n) is 2.67. The molecule has 0 aliphatic carbocycles. The van der Waals surface area contributed by atoms with Crippen LogP contribution in [0.4, 0.5) is 15.8 Å². The number of Topliss-reactive ketones (excluding diaryl/α,β-unsaturated/α-hetero) is 1. The third-order valence-electron chi connectivity index (χ3n) is 1.77. The summed E-state index contributed by atoms with van der Waals surface area (Å²) in [6, 6.07) is 1.71. The fourth-order valence-electron chi connectivity index (χ4n) is 1.09. The van der Waals surface area contributed by atoms with Crippen molar-refractivity contribution in [3.05, 3.63) is 33.6 Å². The van der Waals surface area contributed by atoms with Crippen LogP contribution in [0.1, 0.15) is 10.4 Å². The van der Waals surface area contributed by atoms with Crippen molar-refractivity contribution in [3.63, 3.8) is 0 Å². The summed E-state index contributed by atoms with van der Waals surface area (Å²) in [5, 5.41) is 10.5. The van der Waals surface area contributed by atoms with Crippen molar-refractivity contribution in [2.75, 3.05) is 11.6 Å². The Labute approximate surface area is 88.8 Å². The number of nitro groups is 1. The van der Waals surface area contributed by atoms with Crippen LogP contribution in [0.3, 0.4) is 0 Å². The van der Waals surface area contributed by atoms with Gasteiger partial charge in [0.05, 0.1) is 16.5 Å². The van der Waals surface area contributed by atoms with Crippen LogP contribution in [-0.2, 0) is 0 Å². The lowest BCUT2D eigenvalue weighted by Gasteiger charge is -2.04. The molecule has 0 heterocycles. The third kappa shape index (κ3) is 2.04. The maximum Gasteiger partial charge on any atom is 0.282 e. The molecule has 5 nitrogen and oxygen atoms in total. The molecule has 0 aromatic heterocycles. The molecule has 0 aliphatic heterocycles. The number of hydrogen-bond acceptors (Lipinski definition) is 4. The molecule has 7 heteroatoms. The number of nitrogen functional groups attached to an aromatic ring is 1. The first-order valence-corrected chi connectivity index (χ1v) is 4.34. The number of ketones is 1. The van der Waals surface area contributed by atoms with E-state index in [0.717, 1.165) is 12.1 Å². The van der Waals surface area contributed by atoms with Crippen LogP contribution in [-0.4, -0.2) is 16.6 Å². The van der Waals surface area contributed by atoms with Crippen LogP contribution in [0.2, 0.25) is 0 Å². The van der Waals surface area contributed by atoms with Crippen LogP contribution in [0, 0.1) is 15.9 Å². The van der Waals surface area contributed by atoms with Crippen LogP contribution in [0.25, 0.3) is 0 Å². The van der Waals surface area contributed by atoms with Crippen molar-refractivity contribution in [3.8, 4) is 0 Å². The zero-order chi connectivity index (χ0) is 11.6. The summed E-state index contributed by atoms with van der Waals surface area (Å²) in [7, 11) is 0. The zero-order valence-corrected chi connectivity index (χ0v) is 8.12. The second-order valence-corrected chi connectivity index (χ2v) is 2.94. The first-order valence-electron chi connectivity index (χ1n) is 3.80. The van der Waals surface area contributed by atoms with Crippen LogP contribution >= 0.6 is 11.6 Å². The molecule has 0 unspecified atom stereocenters. The molecule has 0 aliphatic rings. The van der Waals surface area contributed by atoms with Crippen molar-refractivity contribution in [1.29, 1.82) is 0 Å². The van der Waals surface area contributed by atoms with Crippen LogP contribution < -0.4 is 5.73 Å². The van der Waals surface area contributed by atoms with Crippen molar-refractivity contribution in [2.24, 2.45) is 0 Å². The average Bonchev–Trinajstić information content (AvgIpc) is 2.20. The highest BCUT2D eigenvalue weighted by Gasteiger charge is 2.24. The number of halogens is 2. The van der Waals surface area contributed by atoms with E-state index in [2.05, 4.69) is 0 Å². The van der Waals surface area contributed by atoms with E-state index in [1.165, 1.54) is 0 Å². The summed E-state index contributed by atoms with van der Waals surface area (Å²) in [4.78, 5) is 21.0. The molecule has 0 bridgehead atoms. The zero-order valence-electron chi connectivity index (χ0n) is 7.37. The van der Waals surface area contributed by atoms with Crippen molar-refractivity contribution >= 4 is 28.8 Å². The number of benzene rings is 1. The Morgan fingerprint density at radius 2 is 2.20 bits per heavy atom. The lowest BCUT2D eigenvalue weighted by atomic mass is 10.1. The molecule has 1 rings (SSSR count). The minimum absolute atomic E-state index is 0.477. The number of hydrogen-bond donors (Lipinski definition) is 1. The summed E-state index contributed by atoms with van der Waals surface area (Å²) in [5.74, 6) is -2.15. The maximum absolute atomic E-state index is 13.0. The van der Waals surface area contributed by atoms with Gasteiger partial charge in [0, 0.05) is 6.07 Å². The van der Waals surface area contributed by atoms with E-state index in [1.54, 1.807) is 0 Å². The van der Waals surface area contributed by atoms with E-state index in [0.29, 0.717) is 0 Å². The van der Waals surface area contributed by atoms with Crippen molar-refractivity contribution in [2.45, 2.75) is 0 Å². The molecule has 0 saturated carbocycles. The smallest absolute Gasteiger partial charge is 0.282 e. The Balaban J connectivity index is 3.48. The van der Waals surface area contributed by atoms with E-state index in [-0.39, 0.29) is 0 Å². The average molecular weight is 233 g/mol. The van der Waals surface area contributed by atoms with E-state index in [4.69, 9.17) is 17.3 Å². The monoisotopic (exact) mass is 232 g/mol. The lowest BCUT2D eigenvalue weighted by Crippen LogP contribution is -2.10. The topological polar surface area (TPSA) is 86.2 Å². The SMILES string of the molecule is Nc1c(F)ccc([N+](=O)[O-])c1C(=O)CCl. The molecule has 80 valence electrons. The normalized spacial score (nSPS) is 10.0. The number of nitrogens with two attached hydrogens (primary N) is 1. The summed E-state index contributed by atoms with van der Waals surface area (Å²) >= 11 is 5.24. The molecule has 1 aromatic carbocycles. The molecule has 15 heavy (non-hydrogen) atoms. The predicted molar refractivity (Wildman–Crippen MR) is 52.5 cm³/mol. The molecule has 0 radical (unpaired) electrons. The van der Waals surface area contributed by atoms with Gasteiger partial charge >= 0.3 is 0 Å². The van der Waals surface area contributed by atoms with Gasteiger partial charge in [-0.3, -0.25) is 14.9 Å². The minimum Gasteiger partial charge on any atom is -0.396 e. The van der Waals surface area contributed by atoms with E-state index in [9.17, 15) is 19.3 Å². The van der Waals surface area contributed by atoms with Crippen LogP contribution in [0.15, 0.2) is 12.1 Å². The molecule has 0 spiro atoms. The summed E-state index contributed by atoms with van der Waals surface area (Å²) in [6.45, 7) is 0. The highest BCUT2D eigenvalue weighted by atomic mass is 35.5. The largest absolute Gasteiger partial charge is 0.396 e. The summed E-state index contributed by atoms with van der Waals surface area (Å²) in [5.41, 5.74) is 3.67. The Kier molecular flexibility index (Phi) is 3.21. The van der Waals surface area contributed by atoms with Gasteiger partial charge in [-0.15, -0.1) is 11.6 Å². The molecule has 0 atom stereocenters. The van der Waals surface area contributed by atoms with E-state index in [1.807, 2.05) is 0 Å². The molecular weight excluding hydrogens is 227 g/mol. The number of carbonyl (C=O) groups is 1. The molecule has 2 N–H and O–H groups in total. The Morgan fingerprint density at radius 1 is 1.60 bits per heavy atom. The molecular formula is C8H6ClFN2O3. The van der Waals surface area contributed by atoms with Gasteiger partial charge in [-0.2, -0.15) is 0 Å². The first-order chi connectivity index (χ1) is 6.99. The van der Waals surface area contributed by atoms with Crippen LogP contribution in [0.5, 0.6) is 0 Å². The molecule has 0 amide bonds. The fraction of sp³-hybridized carbons (Fsp3) is 0.125. The van der Waals surface area contributed by atoms with Gasteiger partial charge in [-0.05, 0) is 6.07 Å². The minimum atomic E-state index is -0.880. The van der Waals surface area contributed by atoms with Crippen molar-refractivity contribution < 1.29 is 14.1 Å². The summed E-state index contributed by atoms with van der Waals surface area (Å²) in [6.07, 6.45) is 0. The van der Waals surface area contributed by atoms with Gasteiger partial charge in [0.15, 0.2) is 5.78 Å². The van der Waals surface area contributed by atoms with E-state index < -0.39 is 39.3 Å². The number of alkyl halides is 1. The highest BCUT2D eigenvalue weighted by Crippen LogP contribution is 2.27. The van der Waals surface area contributed by atoms with Gasteiger partial charge in [-0.25, -0.2) is 4.39 Å². The number of anilines is 1. The standard InChI is InChI=1S/C8H6ClFN2O3/c9-3-6(13)7-5(12(14)15)2-1-4(10)8(7)11/h1-2H,3,11H2. The van der Waals surface area contributed by atoms with Gasteiger partial charge in [-0.1, -0.05) is 0 Å². The number of nitrogens with zero attached hydrogens (tertiary/aromatic N) is 1. The molecule has 1 aromatic rings. The molecule has 0 fully saturated rings. The number of nitro benzene ring substituents is 1. The predicted octanol–water partition coefficient (Wildman–Crippen LogP) is 1.74. The lowest BCUT2D eigenvalue weighted by molar-refractivity contribution is -0.385.